The van der Waals surface area contributed by atoms with Gasteiger partial charge in [-0.05, 0) is 74.6 Å². The molecule has 0 bridgehead atoms. The number of benzene rings is 2. The molecule has 0 fully saturated rings. The zero-order valence-electron chi connectivity index (χ0n) is 25.8. The molecule has 0 saturated carbocycles. The Morgan fingerprint density at radius 3 is 2.33 bits per heavy atom. The number of aromatic hydroxyl groups is 1. The van der Waals surface area contributed by atoms with E-state index in [1.54, 1.807) is 31.2 Å². The van der Waals surface area contributed by atoms with E-state index in [0.29, 0.717) is 49.7 Å². The lowest BCUT2D eigenvalue weighted by atomic mass is 9.86. The van der Waals surface area contributed by atoms with Gasteiger partial charge < -0.3 is 28.5 Å². The predicted molar refractivity (Wildman–Crippen MR) is 164 cm³/mol. The van der Waals surface area contributed by atoms with E-state index >= 15 is 0 Å². The molecular formula is C35H34O11. The summed E-state index contributed by atoms with van der Waals surface area (Å²) >= 11 is 0. The van der Waals surface area contributed by atoms with Crippen molar-refractivity contribution < 1.29 is 52.4 Å². The van der Waals surface area contributed by atoms with Crippen molar-refractivity contribution in [3.63, 3.8) is 0 Å². The number of hydrogen-bond donors (Lipinski definition) is 1. The molecule has 2 unspecified atom stereocenters. The molecule has 2 aromatic carbocycles. The minimum atomic E-state index is -0.840. The largest absolute Gasteiger partial charge is 0.507 e. The third-order valence-electron chi connectivity index (χ3n) is 8.01. The fraction of sp³-hybridized carbons (Fsp3) is 0.343. The monoisotopic (exact) mass is 630 g/mol. The molecule has 5 rings (SSSR count). The standard InChI is InChI=1S/C35H34O11/c1-19-8-7-11-24(36)10-6-4-5-9-20-17-28-31(32(38)30(20)35(41)44-19)25(18-29(37)46-28)27-13-12-26(45-27)21-14-22(33(39)42-2)16-23(15-21)34(40)43-3/h5,9,12-17,19,25,38H,4,6-8,10-11,18H2,1-3H3/b9-5+. The molecule has 2 aliphatic rings. The minimum absolute atomic E-state index is 0.0675. The van der Waals surface area contributed by atoms with Crippen LogP contribution < -0.4 is 4.74 Å². The predicted octanol–water partition coefficient (Wildman–Crippen LogP) is 6.15. The second-order valence-electron chi connectivity index (χ2n) is 11.3. The van der Waals surface area contributed by atoms with Crippen LogP contribution in [0, 0.1) is 0 Å². The van der Waals surface area contributed by atoms with Crippen molar-refractivity contribution in [3.8, 4) is 22.8 Å². The van der Waals surface area contributed by atoms with Crippen LogP contribution in [-0.2, 0) is 23.8 Å². The van der Waals surface area contributed by atoms with E-state index in [4.69, 9.17) is 23.4 Å². The highest BCUT2D eigenvalue weighted by Crippen LogP contribution is 2.48. The van der Waals surface area contributed by atoms with E-state index in [-0.39, 0.29) is 51.7 Å². The van der Waals surface area contributed by atoms with Gasteiger partial charge in [0.25, 0.3) is 0 Å². The number of Topliss-reactive ketones (excluding diaryl/α,β-unsaturated/α-hetero) is 1. The van der Waals surface area contributed by atoms with Gasteiger partial charge in [-0.25, -0.2) is 14.4 Å². The van der Waals surface area contributed by atoms with Gasteiger partial charge >= 0.3 is 23.9 Å². The van der Waals surface area contributed by atoms with Crippen molar-refractivity contribution in [2.75, 3.05) is 14.2 Å². The second kappa shape index (κ2) is 13.8. The van der Waals surface area contributed by atoms with E-state index in [2.05, 4.69) is 0 Å². The van der Waals surface area contributed by atoms with Gasteiger partial charge in [0.2, 0.25) is 0 Å². The molecule has 240 valence electrons. The number of rotatable bonds is 4. The molecule has 0 aliphatic carbocycles. The Hall–Kier alpha value is -5.19. The number of phenolic OH excluding ortho intramolecular Hbond substituents is 1. The van der Waals surface area contributed by atoms with Gasteiger partial charge in [-0.15, -0.1) is 0 Å². The summed E-state index contributed by atoms with van der Waals surface area (Å²) in [4.78, 5) is 63.1. The van der Waals surface area contributed by atoms with Gasteiger partial charge in [0.1, 0.15) is 34.4 Å². The SMILES string of the molecule is COC(=O)c1cc(C(=O)OC)cc(-c2ccc(C3CC(=O)Oc4cc5c(c(O)c43)C(=O)OC(C)CCCC(=O)CCC/C=C/5)o2)c1. The zero-order valence-corrected chi connectivity index (χ0v) is 25.8. The number of ketones is 1. The number of esters is 4. The molecule has 0 saturated heterocycles. The topological polar surface area (TPSA) is 156 Å². The van der Waals surface area contributed by atoms with Gasteiger partial charge in [-0.1, -0.05) is 12.2 Å². The fourth-order valence-corrected chi connectivity index (χ4v) is 5.70. The smallest absolute Gasteiger partial charge is 0.342 e. The van der Waals surface area contributed by atoms with Crippen molar-refractivity contribution in [1.82, 2.24) is 0 Å². The van der Waals surface area contributed by atoms with Gasteiger partial charge in [0.05, 0.1) is 43.8 Å². The fourth-order valence-electron chi connectivity index (χ4n) is 5.70. The van der Waals surface area contributed by atoms with E-state index in [1.165, 1.54) is 38.5 Å². The van der Waals surface area contributed by atoms with Gasteiger partial charge in [-0.2, -0.15) is 0 Å². The van der Waals surface area contributed by atoms with Crippen LogP contribution in [0.4, 0.5) is 0 Å². The van der Waals surface area contributed by atoms with Gasteiger partial charge in [-0.3, -0.25) is 9.59 Å². The van der Waals surface area contributed by atoms with Crippen LogP contribution in [0.25, 0.3) is 17.4 Å². The third kappa shape index (κ3) is 6.88. The number of phenols is 1. The van der Waals surface area contributed by atoms with Crippen molar-refractivity contribution in [3.05, 3.63) is 76.1 Å². The summed E-state index contributed by atoms with van der Waals surface area (Å²) in [5, 5.41) is 11.7. The lowest BCUT2D eigenvalue weighted by Gasteiger charge is -2.26. The number of allylic oxidation sites excluding steroid dienone is 1. The van der Waals surface area contributed by atoms with Gasteiger partial charge in [0, 0.05) is 24.0 Å². The summed E-state index contributed by atoms with van der Waals surface area (Å²) in [6.45, 7) is 1.73. The number of carbonyl (C=O) groups excluding carboxylic acids is 5. The summed E-state index contributed by atoms with van der Waals surface area (Å²) < 4.78 is 27.0. The summed E-state index contributed by atoms with van der Waals surface area (Å²) in [6, 6.07) is 9.05. The summed E-state index contributed by atoms with van der Waals surface area (Å²) in [7, 11) is 2.44. The Kier molecular flexibility index (Phi) is 9.69. The van der Waals surface area contributed by atoms with Crippen molar-refractivity contribution in [2.45, 2.75) is 63.9 Å². The molecular weight excluding hydrogens is 596 g/mol. The first-order valence-electron chi connectivity index (χ1n) is 15.0. The number of furan rings is 1. The van der Waals surface area contributed by atoms with E-state index in [0.717, 1.165) is 0 Å². The second-order valence-corrected chi connectivity index (χ2v) is 11.3. The van der Waals surface area contributed by atoms with E-state index in [1.807, 2.05) is 0 Å². The number of fused-ring (bicyclic) bond motifs is 2. The average Bonchev–Trinajstić information content (AvgIpc) is 3.53. The molecule has 46 heavy (non-hydrogen) atoms. The van der Waals surface area contributed by atoms with Crippen LogP contribution in [0.1, 0.15) is 106 Å². The van der Waals surface area contributed by atoms with Gasteiger partial charge in [0.15, 0.2) is 0 Å². The first kappa shape index (κ1) is 32.2. The molecule has 2 aliphatic heterocycles. The van der Waals surface area contributed by atoms with Crippen LogP contribution in [-0.4, -0.2) is 55.1 Å². The molecule has 1 aromatic heterocycles. The molecule has 11 nitrogen and oxygen atoms in total. The molecule has 0 amide bonds. The number of carbonyl (C=O) groups is 5. The molecule has 11 heteroatoms. The van der Waals surface area contributed by atoms with Crippen LogP contribution in [0.15, 0.2) is 46.9 Å². The first-order chi connectivity index (χ1) is 22.1. The van der Waals surface area contributed by atoms with E-state index in [9.17, 15) is 29.1 Å². The molecule has 0 radical (unpaired) electrons. The lowest BCUT2D eigenvalue weighted by Crippen LogP contribution is -2.23. The number of methoxy groups -OCH3 is 2. The summed E-state index contributed by atoms with van der Waals surface area (Å²) in [5.74, 6) is -3.13. The Morgan fingerprint density at radius 1 is 0.935 bits per heavy atom. The maximum atomic E-state index is 13.5. The average molecular weight is 631 g/mol. The summed E-state index contributed by atoms with van der Waals surface area (Å²) in [5.41, 5.74) is 0.975. The molecule has 2 atom stereocenters. The van der Waals surface area contributed by atoms with Crippen LogP contribution in [0.2, 0.25) is 0 Å². The van der Waals surface area contributed by atoms with Crippen LogP contribution in [0.3, 0.4) is 0 Å². The highest BCUT2D eigenvalue weighted by Gasteiger charge is 2.37. The molecule has 1 N–H and O–H groups in total. The number of cyclic esters (lactones) is 1. The Bertz CT molecular complexity index is 1690. The third-order valence-corrected chi connectivity index (χ3v) is 8.01. The highest BCUT2D eigenvalue weighted by atomic mass is 16.5. The number of ether oxygens (including phenoxy) is 4. The maximum absolute atomic E-state index is 13.5. The van der Waals surface area contributed by atoms with E-state index < -0.39 is 41.6 Å². The first-order valence-corrected chi connectivity index (χ1v) is 15.0. The lowest BCUT2D eigenvalue weighted by molar-refractivity contribution is -0.135. The minimum Gasteiger partial charge on any atom is -0.507 e. The van der Waals surface area contributed by atoms with Crippen molar-refractivity contribution in [1.29, 1.82) is 0 Å². The summed E-state index contributed by atoms with van der Waals surface area (Å²) in [6.07, 6.45) is 5.87. The Labute approximate surface area is 265 Å². The van der Waals surface area contributed by atoms with Crippen LogP contribution >= 0.6 is 0 Å². The highest BCUT2D eigenvalue weighted by molar-refractivity contribution is 5.99. The van der Waals surface area contributed by atoms with Crippen molar-refractivity contribution >= 4 is 35.7 Å². The molecule has 0 spiro atoms. The normalized spacial score (nSPS) is 19.5. The zero-order chi connectivity index (χ0) is 33.0. The van der Waals surface area contributed by atoms with Crippen molar-refractivity contribution in [2.24, 2.45) is 0 Å². The van der Waals surface area contributed by atoms with Crippen LogP contribution in [0.5, 0.6) is 11.5 Å². The molecule has 3 aromatic rings. The Morgan fingerprint density at radius 2 is 1.63 bits per heavy atom. The maximum Gasteiger partial charge on any atom is 0.342 e. The Balaban J connectivity index is 1.57. The molecule has 3 heterocycles. The number of hydrogen-bond acceptors (Lipinski definition) is 11. The quantitative estimate of drug-likeness (QED) is 0.200.